The third-order valence-corrected chi connectivity index (χ3v) is 2.44. The number of rotatable bonds is 3. The highest BCUT2D eigenvalue weighted by molar-refractivity contribution is 5.92. The summed E-state index contributed by atoms with van der Waals surface area (Å²) in [5.74, 6) is -0.470. The van der Waals surface area contributed by atoms with Gasteiger partial charge in [0.2, 0.25) is 6.10 Å². The molecule has 0 spiro atoms. The van der Waals surface area contributed by atoms with E-state index >= 15 is 0 Å². The molecule has 0 bridgehead atoms. The van der Waals surface area contributed by atoms with Gasteiger partial charge in [0.25, 0.3) is 0 Å². The summed E-state index contributed by atoms with van der Waals surface area (Å²) in [6.45, 7) is 0.300. The fraction of sp³-hybridized carbons (Fsp3) is 0.333. The second-order valence-corrected chi connectivity index (χ2v) is 3.58. The quantitative estimate of drug-likeness (QED) is 0.737. The van der Waals surface area contributed by atoms with Crippen molar-refractivity contribution in [2.75, 3.05) is 13.7 Å². The van der Waals surface area contributed by atoms with Crippen LogP contribution in [0.4, 0.5) is 0 Å². The lowest BCUT2D eigenvalue weighted by atomic mass is 10.2. The number of carbonyl (C=O) groups is 2. The maximum Gasteiger partial charge on any atom is 0.347 e. The van der Waals surface area contributed by atoms with Gasteiger partial charge < -0.3 is 14.2 Å². The molecule has 1 unspecified atom stereocenters. The van der Waals surface area contributed by atoms with Crippen molar-refractivity contribution in [2.24, 2.45) is 0 Å². The lowest BCUT2D eigenvalue weighted by Crippen LogP contribution is -2.22. The van der Waals surface area contributed by atoms with E-state index in [1.54, 1.807) is 24.3 Å². The van der Waals surface area contributed by atoms with Gasteiger partial charge in [-0.15, -0.1) is 0 Å². The van der Waals surface area contributed by atoms with Gasteiger partial charge in [-0.05, 0) is 18.2 Å². The van der Waals surface area contributed by atoms with Crippen molar-refractivity contribution in [1.82, 2.24) is 0 Å². The standard InChI is InChI=1S/C12H12O5/c1-15-9-4-2-3-8(7-9)11(13)17-10-5-6-16-12(10)14/h2-4,7,10H,5-6H2,1H3. The molecule has 0 N–H and O–H groups in total. The molecule has 2 rings (SSSR count). The van der Waals surface area contributed by atoms with Gasteiger partial charge in [0, 0.05) is 6.42 Å². The van der Waals surface area contributed by atoms with Gasteiger partial charge in [-0.2, -0.15) is 0 Å². The molecule has 1 heterocycles. The Morgan fingerprint density at radius 1 is 1.47 bits per heavy atom. The molecule has 1 fully saturated rings. The minimum Gasteiger partial charge on any atom is -0.497 e. The summed E-state index contributed by atoms with van der Waals surface area (Å²) in [6, 6.07) is 6.57. The van der Waals surface area contributed by atoms with E-state index in [9.17, 15) is 9.59 Å². The zero-order valence-electron chi connectivity index (χ0n) is 9.34. The molecule has 5 heteroatoms. The predicted octanol–water partition coefficient (Wildman–Crippen LogP) is 1.17. The summed E-state index contributed by atoms with van der Waals surface area (Å²) in [5, 5.41) is 0. The highest BCUT2D eigenvalue weighted by atomic mass is 16.6. The average Bonchev–Trinajstić information content (AvgIpc) is 2.75. The number of benzene rings is 1. The van der Waals surface area contributed by atoms with Gasteiger partial charge in [0.15, 0.2) is 0 Å². The van der Waals surface area contributed by atoms with E-state index in [4.69, 9.17) is 14.2 Å². The number of ether oxygens (including phenoxy) is 3. The summed E-state index contributed by atoms with van der Waals surface area (Å²) in [7, 11) is 1.51. The average molecular weight is 236 g/mol. The topological polar surface area (TPSA) is 61.8 Å². The number of methoxy groups -OCH3 is 1. The summed E-state index contributed by atoms with van der Waals surface area (Å²) in [5.41, 5.74) is 0.351. The van der Waals surface area contributed by atoms with Crippen molar-refractivity contribution < 1.29 is 23.8 Å². The van der Waals surface area contributed by atoms with Crippen LogP contribution in [-0.4, -0.2) is 31.8 Å². The predicted molar refractivity (Wildman–Crippen MR) is 57.8 cm³/mol. The zero-order chi connectivity index (χ0) is 12.3. The molecule has 1 atom stereocenters. The number of cyclic esters (lactones) is 1. The Morgan fingerprint density at radius 3 is 2.94 bits per heavy atom. The Labute approximate surface area is 98.3 Å². The number of hydrogen-bond acceptors (Lipinski definition) is 5. The molecule has 5 nitrogen and oxygen atoms in total. The molecule has 1 aromatic carbocycles. The monoisotopic (exact) mass is 236 g/mol. The maximum atomic E-state index is 11.7. The molecule has 1 aliphatic heterocycles. The molecule has 0 aliphatic carbocycles. The fourth-order valence-electron chi connectivity index (χ4n) is 1.53. The molecule has 1 saturated heterocycles. The first kappa shape index (κ1) is 11.4. The zero-order valence-corrected chi connectivity index (χ0v) is 9.34. The smallest absolute Gasteiger partial charge is 0.347 e. The van der Waals surface area contributed by atoms with E-state index in [0.29, 0.717) is 24.3 Å². The second kappa shape index (κ2) is 4.86. The highest BCUT2D eigenvalue weighted by Gasteiger charge is 2.30. The molecule has 1 aliphatic rings. The van der Waals surface area contributed by atoms with Crippen LogP contribution in [0.15, 0.2) is 24.3 Å². The molecule has 17 heavy (non-hydrogen) atoms. The third-order valence-electron chi connectivity index (χ3n) is 2.44. The van der Waals surface area contributed by atoms with Crippen molar-refractivity contribution in [1.29, 1.82) is 0 Å². The minimum atomic E-state index is -0.784. The largest absolute Gasteiger partial charge is 0.497 e. The molecule has 0 radical (unpaired) electrons. The highest BCUT2D eigenvalue weighted by Crippen LogP contribution is 2.16. The Morgan fingerprint density at radius 2 is 2.29 bits per heavy atom. The lowest BCUT2D eigenvalue weighted by molar-refractivity contribution is -0.145. The Balaban J connectivity index is 2.06. The van der Waals surface area contributed by atoms with Crippen LogP contribution in [-0.2, 0) is 14.3 Å². The fourth-order valence-corrected chi connectivity index (χ4v) is 1.53. The number of hydrogen-bond donors (Lipinski definition) is 0. The molecular formula is C12H12O5. The van der Waals surface area contributed by atoms with E-state index in [-0.39, 0.29) is 0 Å². The van der Waals surface area contributed by atoms with E-state index in [1.807, 2.05) is 0 Å². The van der Waals surface area contributed by atoms with Crippen LogP contribution in [0.3, 0.4) is 0 Å². The van der Waals surface area contributed by atoms with E-state index in [2.05, 4.69) is 0 Å². The van der Waals surface area contributed by atoms with Crippen molar-refractivity contribution in [3.8, 4) is 5.75 Å². The van der Waals surface area contributed by atoms with Crippen LogP contribution in [0.1, 0.15) is 16.8 Å². The van der Waals surface area contributed by atoms with Crippen LogP contribution in [0, 0.1) is 0 Å². The van der Waals surface area contributed by atoms with Gasteiger partial charge in [0.05, 0.1) is 19.3 Å². The maximum absolute atomic E-state index is 11.7. The first-order chi connectivity index (χ1) is 8.20. The summed E-state index contributed by atoms with van der Waals surface area (Å²) in [4.78, 5) is 22.9. The number of esters is 2. The van der Waals surface area contributed by atoms with Crippen molar-refractivity contribution in [2.45, 2.75) is 12.5 Å². The van der Waals surface area contributed by atoms with Crippen molar-refractivity contribution in [3.63, 3.8) is 0 Å². The van der Waals surface area contributed by atoms with Gasteiger partial charge in [-0.3, -0.25) is 0 Å². The van der Waals surface area contributed by atoms with Crippen LogP contribution >= 0.6 is 0 Å². The Bertz CT molecular complexity index is 440. The molecular weight excluding hydrogens is 224 g/mol. The molecule has 1 aromatic rings. The summed E-state index contributed by atoms with van der Waals surface area (Å²) in [6.07, 6.45) is -0.372. The normalized spacial score (nSPS) is 18.6. The minimum absolute atomic E-state index is 0.300. The SMILES string of the molecule is COc1cccc(C(=O)OC2CCOC2=O)c1. The van der Waals surface area contributed by atoms with Crippen LogP contribution in [0.5, 0.6) is 5.75 Å². The van der Waals surface area contributed by atoms with Crippen LogP contribution < -0.4 is 4.74 Å². The first-order valence-electron chi connectivity index (χ1n) is 5.22. The van der Waals surface area contributed by atoms with Gasteiger partial charge >= 0.3 is 11.9 Å². The molecule has 90 valence electrons. The summed E-state index contributed by atoms with van der Waals surface area (Å²) < 4.78 is 14.7. The number of carbonyl (C=O) groups excluding carboxylic acids is 2. The van der Waals surface area contributed by atoms with Gasteiger partial charge in [0.1, 0.15) is 5.75 Å². The lowest BCUT2D eigenvalue weighted by Gasteiger charge is -2.08. The Hall–Kier alpha value is -2.04. The van der Waals surface area contributed by atoms with Crippen LogP contribution in [0.2, 0.25) is 0 Å². The first-order valence-corrected chi connectivity index (χ1v) is 5.22. The molecule has 0 saturated carbocycles. The van der Waals surface area contributed by atoms with Crippen molar-refractivity contribution in [3.05, 3.63) is 29.8 Å². The van der Waals surface area contributed by atoms with E-state index in [0.717, 1.165) is 0 Å². The second-order valence-electron chi connectivity index (χ2n) is 3.58. The third kappa shape index (κ3) is 2.55. The van der Waals surface area contributed by atoms with Gasteiger partial charge in [-0.25, -0.2) is 9.59 Å². The molecule has 0 aromatic heterocycles. The van der Waals surface area contributed by atoms with Crippen LogP contribution in [0.25, 0.3) is 0 Å². The molecule has 0 amide bonds. The summed E-state index contributed by atoms with van der Waals surface area (Å²) >= 11 is 0. The van der Waals surface area contributed by atoms with Gasteiger partial charge in [-0.1, -0.05) is 6.07 Å². The van der Waals surface area contributed by atoms with Crippen molar-refractivity contribution >= 4 is 11.9 Å². The van der Waals surface area contributed by atoms with E-state index < -0.39 is 18.0 Å². The Kier molecular flexibility index (Phi) is 3.27. The van der Waals surface area contributed by atoms with E-state index in [1.165, 1.54) is 7.11 Å².